The van der Waals surface area contributed by atoms with Crippen molar-refractivity contribution in [3.05, 3.63) is 192 Å². The number of aromatic nitrogens is 3. The number of para-hydroxylation sites is 1. The molecule has 9 aromatic rings. The van der Waals surface area contributed by atoms with Crippen LogP contribution < -0.4 is 0 Å². The number of benzene rings is 7. The third-order valence-corrected chi connectivity index (χ3v) is 12.8. The molecule has 7 aromatic carbocycles. The Bertz CT molecular complexity index is 3240. The monoisotopic (exact) mass is 864 g/mol. The molecule has 0 unspecified atom stereocenters. The van der Waals surface area contributed by atoms with E-state index in [9.17, 15) is 5.11 Å². The predicted octanol–water partition coefficient (Wildman–Crippen LogP) is 16.8. The lowest BCUT2D eigenvalue weighted by Crippen LogP contribution is -2.17. The molecule has 0 amide bonds. The van der Waals surface area contributed by atoms with Gasteiger partial charge in [0.2, 0.25) is 0 Å². The van der Waals surface area contributed by atoms with Crippen LogP contribution in [0.1, 0.15) is 98.3 Å². The summed E-state index contributed by atoms with van der Waals surface area (Å²) in [4.78, 5) is 10.7. The molecule has 0 atom stereocenters. The first-order valence-corrected chi connectivity index (χ1v) is 23.3. The van der Waals surface area contributed by atoms with E-state index in [0.29, 0.717) is 11.4 Å². The Balaban J connectivity index is 1.33. The SMILES string of the molecule is [2H]C(C)(C)c1ccc(-c2ccnc(-c3cc(-c4ccccc4)cc(-c4cccc5c4nc(-c4cc(C(C)(C)C)cc(C(C)(C)C)c4O)n5-c4ccc(CCC)cc4-c4ccccc4)c3)c2)cc1. The number of hydrogen-bond donors (Lipinski definition) is 1. The molecule has 0 spiro atoms. The van der Waals surface area contributed by atoms with Crippen molar-refractivity contribution in [3.8, 4) is 78.6 Å². The Labute approximate surface area is 393 Å². The van der Waals surface area contributed by atoms with Crippen LogP contribution in [0.5, 0.6) is 5.75 Å². The zero-order valence-corrected chi connectivity index (χ0v) is 39.9. The Morgan fingerprint density at radius 1 is 0.576 bits per heavy atom. The maximum Gasteiger partial charge on any atom is 0.149 e. The molecule has 0 saturated carbocycles. The van der Waals surface area contributed by atoms with Crippen molar-refractivity contribution in [1.29, 1.82) is 0 Å². The molecule has 2 heterocycles. The van der Waals surface area contributed by atoms with E-state index in [0.717, 1.165) is 102 Å². The molecule has 0 aliphatic rings. The quantitative estimate of drug-likeness (QED) is 0.149. The second-order valence-corrected chi connectivity index (χ2v) is 20.0. The molecule has 4 heteroatoms. The molecule has 0 aliphatic heterocycles. The fourth-order valence-corrected chi connectivity index (χ4v) is 9.13. The Kier molecular flexibility index (Phi) is 11.5. The van der Waals surface area contributed by atoms with Crippen LogP contribution in [-0.2, 0) is 17.3 Å². The summed E-state index contributed by atoms with van der Waals surface area (Å²) in [5, 5.41) is 12.6. The number of phenolic OH excluding ortho intramolecular Hbond substituents is 1. The van der Waals surface area contributed by atoms with Crippen molar-refractivity contribution in [2.24, 2.45) is 0 Å². The Morgan fingerprint density at radius 3 is 1.91 bits per heavy atom. The van der Waals surface area contributed by atoms with Gasteiger partial charge in [-0.05, 0) is 128 Å². The molecular formula is C62H61N3O. The molecule has 330 valence electrons. The number of nitrogens with zero attached hydrogens (tertiary/aromatic N) is 3. The van der Waals surface area contributed by atoms with Gasteiger partial charge in [-0.1, -0.05) is 178 Å². The molecule has 66 heavy (non-hydrogen) atoms. The van der Waals surface area contributed by atoms with Gasteiger partial charge < -0.3 is 5.11 Å². The van der Waals surface area contributed by atoms with Gasteiger partial charge in [-0.25, -0.2) is 4.98 Å². The van der Waals surface area contributed by atoms with Gasteiger partial charge in [0.15, 0.2) is 0 Å². The minimum absolute atomic E-state index is 0.191. The second-order valence-electron chi connectivity index (χ2n) is 20.0. The van der Waals surface area contributed by atoms with E-state index in [2.05, 4.69) is 217 Å². The largest absolute Gasteiger partial charge is 0.507 e. The smallest absolute Gasteiger partial charge is 0.149 e. The summed E-state index contributed by atoms with van der Waals surface area (Å²) in [5.74, 6) is 0.260. The third-order valence-electron chi connectivity index (χ3n) is 12.8. The zero-order chi connectivity index (χ0) is 47.3. The molecule has 0 fully saturated rings. The maximum absolute atomic E-state index is 12.6. The number of pyridine rings is 1. The van der Waals surface area contributed by atoms with E-state index in [1.807, 2.05) is 20.0 Å². The van der Waals surface area contributed by atoms with Crippen LogP contribution >= 0.6 is 0 Å². The molecule has 1 N–H and O–H groups in total. The zero-order valence-electron chi connectivity index (χ0n) is 40.9. The summed E-state index contributed by atoms with van der Waals surface area (Å²) >= 11 is 0. The van der Waals surface area contributed by atoms with Crippen LogP contribution in [0.4, 0.5) is 0 Å². The summed E-state index contributed by atoms with van der Waals surface area (Å²) < 4.78 is 10.8. The minimum Gasteiger partial charge on any atom is -0.507 e. The van der Waals surface area contributed by atoms with Crippen molar-refractivity contribution in [3.63, 3.8) is 0 Å². The van der Waals surface area contributed by atoms with E-state index in [1.54, 1.807) is 0 Å². The third kappa shape index (κ3) is 8.73. The van der Waals surface area contributed by atoms with E-state index >= 15 is 0 Å². The number of aromatic hydroxyl groups is 1. The van der Waals surface area contributed by atoms with Crippen molar-refractivity contribution in [2.45, 2.75) is 91.9 Å². The van der Waals surface area contributed by atoms with Gasteiger partial charge in [-0.15, -0.1) is 0 Å². The van der Waals surface area contributed by atoms with Gasteiger partial charge in [0.05, 0.1) is 28.0 Å². The van der Waals surface area contributed by atoms with Crippen LogP contribution in [0, 0.1) is 0 Å². The van der Waals surface area contributed by atoms with Crippen LogP contribution in [0.25, 0.3) is 83.9 Å². The predicted molar refractivity (Wildman–Crippen MR) is 279 cm³/mol. The normalized spacial score (nSPS) is 12.4. The van der Waals surface area contributed by atoms with Gasteiger partial charge in [0.25, 0.3) is 0 Å². The van der Waals surface area contributed by atoms with Crippen molar-refractivity contribution in [1.82, 2.24) is 14.5 Å². The first-order valence-electron chi connectivity index (χ1n) is 23.8. The topological polar surface area (TPSA) is 50.9 Å². The van der Waals surface area contributed by atoms with E-state index in [-0.39, 0.29) is 16.6 Å². The summed E-state index contributed by atoms with van der Waals surface area (Å²) in [5.41, 5.74) is 17.6. The highest BCUT2D eigenvalue weighted by Crippen LogP contribution is 2.46. The lowest BCUT2D eigenvalue weighted by atomic mass is 9.79. The van der Waals surface area contributed by atoms with Crippen LogP contribution in [0.2, 0.25) is 0 Å². The standard InChI is InChI=1S/C62H61N3O/c1-10-18-41-25-30-56(52(33-41)45-21-15-12-16-22-45)65-57-24-17-23-51(58(57)64-60(65)53-38-50(61(4,5)6)39-54(59(53)66)62(7,8)9)48-34-47(43-19-13-11-14-20-43)35-49(36-48)55-37-46(31-32-63-55)44-28-26-42(27-29-44)40(2)3/h11-17,19-40,66H,10,18H2,1-9H3/i40D. The van der Waals surface area contributed by atoms with Crippen LogP contribution in [0.3, 0.4) is 0 Å². The number of fused-ring (bicyclic) bond motifs is 1. The fourth-order valence-electron chi connectivity index (χ4n) is 9.13. The summed E-state index contributed by atoms with van der Waals surface area (Å²) in [6, 6.07) is 58.0. The highest BCUT2D eigenvalue weighted by Gasteiger charge is 2.29. The van der Waals surface area contributed by atoms with Gasteiger partial charge in [0, 0.05) is 29.8 Å². The average molecular weight is 865 g/mol. The fraction of sp³-hybridized carbons (Fsp3) is 0.226. The summed E-state index contributed by atoms with van der Waals surface area (Å²) in [6.07, 6.45) is 3.90. The van der Waals surface area contributed by atoms with Gasteiger partial charge in [-0.3, -0.25) is 9.55 Å². The van der Waals surface area contributed by atoms with Crippen LogP contribution in [0.15, 0.2) is 170 Å². The van der Waals surface area contributed by atoms with Crippen LogP contribution in [-0.4, -0.2) is 19.6 Å². The Morgan fingerprint density at radius 2 is 1.24 bits per heavy atom. The maximum atomic E-state index is 12.6. The lowest BCUT2D eigenvalue weighted by Gasteiger charge is -2.27. The highest BCUT2D eigenvalue weighted by atomic mass is 16.3. The second kappa shape index (κ2) is 17.7. The summed E-state index contributed by atoms with van der Waals surface area (Å²) in [6.45, 7) is 19.2. The van der Waals surface area contributed by atoms with E-state index in [4.69, 9.17) is 11.3 Å². The molecule has 4 nitrogen and oxygen atoms in total. The first-order chi connectivity index (χ1) is 32.0. The van der Waals surface area contributed by atoms with Gasteiger partial charge in [-0.2, -0.15) is 0 Å². The Hall–Kier alpha value is -7.04. The summed E-state index contributed by atoms with van der Waals surface area (Å²) in [7, 11) is 0. The number of rotatable bonds is 10. The molecule has 0 saturated heterocycles. The number of phenols is 1. The molecule has 0 radical (unpaired) electrons. The first kappa shape index (κ1) is 42.9. The molecule has 0 aliphatic carbocycles. The van der Waals surface area contributed by atoms with E-state index in [1.165, 1.54) is 5.56 Å². The number of aryl methyl sites for hydroxylation is 1. The number of hydrogen-bond acceptors (Lipinski definition) is 3. The number of imidazole rings is 1. The van der Waals surface area contributed by atoms with E-state index < -0.39 is 5.89 Å². The molecular weight excluding hydrogens is 803 g/mol. The minimum atomic E-state index is -0.675. The highest BCUT2D eigenvalue weighted by molar-refractivity contribution is 5.98. The van der Waals surface area contributed by atoms with Crippen molar-refractivity contribution in [2.75, 3.05) is 0 Å². The van der Waals surface area contributed by atoms with Crippen molar-refractivity contribution < 1.29 is 6.48 Å². The van der Waals surface area contributed by atoms with Gasteiger partial charge >= 0.3 is 0 Å². The lowest BCUT2D eigenvalue weighted by molar-refractivity contribution is 0.446. The molecule has 2 aromatic heterocycles. The molecule has 9 rings (SSSR count). The van der Waals surface area contributed by atoms with Gasteiger partial charge in [0.1, 0.15) is 11.6 Å². The van der Waals surface area contributed by atoms with Crippen molar-refractivity contribution >= 4 is 11.0 Å². The average Bonchev–Trinajstić information content (AvgIpc) is 3.70. The molecule has 0 bridgehead atoms.